The van der Waals surface area contributed by atoms with Crippen LogP contribution in [0.25, 0.3) is 0 Å². The van der Waals surface area contributed by atoms with Crippen LogP contribution in [0.15, 0.2) is 24.3 Å². The van der Waals surface area contributed by atoms with E-state index in [9.17, 15) is 14.0 Å². The summed E-state index contributed by atoms with van der Waals surface area (Å²) in [5.41, 5.74) is 0.527. The third-order valence-electron chi connectivity index (χ3n) is 3.14. The number of carboxylic acid groups (broad SMARTS) is 1. The van der Waals surface area contributed by atoms with Crippen molar-refractivity contribution >= 4 is 11.9 Å². The predicted octanol–water partition coefficient (Wildman–Crippen LogP) is 2.05. The summed E-state index contributed by atoms with van der Waals surface area (Å²) in [6, 6.07) is 5.98. The highest BCUT2D eigenvalue weighted by Crippen LogP contribution is 2.25. The lowest BCUT2D eigenvalue weighted by molar-refractivity contribution is -0.137. The van der Waals surface area contributed by atoms with E-state index in [0.29, 0.717) is 5.56 Å². The van der Waals surface area contributed by atoms with Gasteiger partial charge in [-0.05, 0) is 37.0 Å². The second-order valence-electron chi connectivity index (χ2n) is 4.82. The number of carbonyl (C=O) groups excluding carboxylic acids is 1. The molecule has 1 aliphatic rings. The number of nitrogens with one attached hydrogen (secondary N) is 1. The Balaban J connectivity index is 2.11. The van der Waals surface area contributed by atoms with Crippen LogP contribution in [0.5, 0.6) is 0 Å². The van der Waals surface area contributed by atoms with Crippen molar-refractivity contribution in [3.05, 3.63) is 35.6 Å². The van der Waals surface area contributed by atoms with E-state index < -0.39 is 17.7 Å². The summed E-state index contributed by atoms with van der Waals surface area (Å²) in [5.74, 6) is -2.19. The molecule has 0 aliphatic heterocycles. The molecule has 2 rings (SSSR count). The van der Waals surface area contributed by atoms with Gasteiger partial charge >= 0.3 is 5.97 Å². The van der Waals surface area contributed by atoms with Crippen molar-refractivity contribution in [3.63, 3.8) is 0 Å². The first-order valence-electron chi connectivity index (χ1n) is 6.34. The van der Waals surface area contributed by atoms with Crippen molar-refractivity contribution in [1.29, 1.82) is 0 Å². The molecule has 0 aromatic heterocycles. The minimum atomic E-state index is -0.958. The van der Waals surface area contributed by atoms with Gasteiger partial charge in [-0.25, -0.2) is 4.39 Å². The van der Waals surface area contributed by atoms with E-state index in [-0.39, 0.29) is 24.8 Å². The number of hydrogen-bond acceptors (Lipinski definition) is 2. The number of rotatable bonds is 6. The van der Waals surface area contributed by atoms with E-state index in [1.807, 2.05) is 0 Å². The van der Waals surface area contributed by atoms with E-state index in [1.165, 1.54) is 18.2 Å². The molecule has 1 aromatic rings. The number of aliphatic carboxylic acids is 1. The molecular formula is C14H16FNO3. The highest BCUT2D eigenvalue weighted by atomic mass is 19.1. The molecule has 0 radical (unpaired) electrons. The number of halogens is 1. The number of hydrogen-bond donors (Lipinski definition) is 2. The average molecular weight is 265 g/mol. The maximum absolute atomic E-state index is 13.2. The van der Waals surface area contributed by atoms with Gasteiger partial charge in [0.2, 0.25) is 5.91 Å². The first-order valence-corrected chi connectivity index (χ1v) is 6.34. The van der Waals surface area contributed by atoms with Crippen molar-refractivity contribution in [1.82, 2.24) is 5.32 Å². The highest BCUT2D eigenvalue weighted by molar-refractivity contribution is 5.84. The normalized spacial score (nSPS) is 15.8. The van der Waals surface area contributed by atoms with Gasteiger partial charge in [-0.15, -0.1) is 0 Å². The molecule has 102 valence electrons. The molecule has 1 aromatic carbocycles. The molecular weight excluding hydrogens is 249 g/mol. The van der Waals surface area contributed by atoms with Gasteiger partial charge in [0.05, 0.1) is 5.92 Å². The van der Waals surface area contributed by atoms with E-state index in [4.69, 9.17) is 5.11 Å². The Labute approximate surface area is 110 Å². The van der Waals surface area contributed by atoms with Crippen molar-refractivity contribution in [2.45, 2.75) is 37.6 Å². The standard InChI is InChI=1S/C14H16FNO3/c15-10-3-1-2-9(8-10)12(6-7-13(17)18)14(19)16-11-4-5-11/h1-3,8,11-12H,4-7H2,(H,16,19)(H,17,18). The van der Waals surface area contributed by atoms with Gasteiger partial charge in [0, 0.05) is 12.5 Å². The lowest BCUT2D eigenvalue weighted by Crippen LogP contribution is -2.31. The summed E-state index contributed by atoms with van der Waals surface area (Å²) in [5, 5.41) is 11.6. The molecule has 1 fully saturated rings. The van der Waals surface area contributed by atoms with Crippen LogP contribution in [0.4, 0.5) is 4.39 Å². The first kappa shape index (κ1) is 13.5. The molecule has 0 heterocycles. The Morgan fingerprint density at radius 1 is 1.42 bits per heavy atom. The molecule has 0 saturated heterocycles. The van der Waals surface area contributed by atoms with Gasteiger partial charge in [0.15, 0.2) is 0 Å². The van der Waals surface area contributed by atoms with Crippen LogP contribution < -0.4 is 5.32 Å². The van der Waals surface area contributed by atoms with Gasteiger partial charge in [0.25, 0.3) is 0 Å². The molecule has 2 N–H and O–H groups in total. The number of carboxylic acids is 1. The van der Waals surface area contributed by atoms with E-state index in [0.717, 1.165) is 12.8 Å². The molecule has 1 aliphatic carbocycles. The molecule has 4 nitrogen and oxygen atoms in total. The fourth-order valence-electron chi connectivity index (χ4n) is 1.97. The molecule has 1 unspecified atom stereocenters. The molecule has 0 spiro atoms. The Morgan fingerprint density at radius 2 is 2.16 bits per heavy atom. The van der Waals surface area contributed by atoms with Gasteiger partial charge < -0.3 is 10.4 Å². The lowest BCUT2D eigenvalue weighted by atomic mass is 9.93. The van der Waals surface area contributed by atoms with Gasteiger partial charge in [-0.3, -0.25) is 9.59 Å². The van der Waals surface area contributed by atoms with Crippen LogP contribution in [-0.4, -0.2) is 23.0 Å². The van der Waals surface area contributed by atoms with E-state index in [2.05, 4.69) is 5.32 Å². The molecule has 19 heavy (non-hydrogen) atoms. The molecule has 5 heteroatoms. The molecule has 1 saturated carbocycles. The highest BCUT2D eigenvalue weighted by Gasteiger charge is 2.28. The zero-order valence-corrected chi connectivity index (χ0v) is 10.4. The van der Waals surface area contributed by atoms with Crippen LogP contribution in [0.1, 0.15) is 37.2 Å². The third kappa shape index (κ3) is 4.05. The monoisotopic (exact) mass is 265 g/mol. The van der Waals surface area contributed by atoms with Crippen LogP contribution in [0, 0.1) is 5.82 Å². The fraction of sp³-hybridized carbons (Fsp3) is 0.429. The van der Waals surface area contributed by atoms with Crippen molar-refractivity contribution in [2.75, 3.05) is 0 Å². The van der Waals surface area contributed by atoms with Crippen LogP contribution >= 0.6 is 0 Å². The maximum atomic E-state index is 13.2. The fourth-order valence-corrected chi connectivity index (χ4v) is 1.97. The van der Waals surface area contributed by atoms with Gasteiger partial charge in [-0.1, -0.05) is 12.1 Å². The second-order valence-corrected chi connectivity index (χ2v) is 4.82. The summed E-state index contributed by atoms with van der Waals surface area (Å²) in [4.78, 5) is 22.7. The Hall–Kier alpha value is -1.91. The lowest BCUT2D eigenvalue weighted by Gasteiger charge is -2.16. The maximum Gasteiger partial charge on any atom is 0.303 e. The minimum Gasteiger partial charge on any atom is -0.481 e. The second kappa shape index (κ2) is 5.82. The van der Waals surface area contributed by atoms with Crippen LogP contribution in [0.3, 0.4) is 0 Å². The average Bonchev–Trinajstić information content (AvgIpc) is 3.13. The van der Waals surface area contributed by atoms with Crippen LogP contribution in [0.2, 0.25) is 0 Å². The summed E-state index contributed by atoms with van der Waals surface area (Å²) < 4.78 is 13.2. The Bertz CT molecular complexity index is 485. The van der Waals surface area contributed by atoms with Crippen molar-refractivity contribution < 1.29 is 19.1 Å². The van der Waals surface area contributed by atoms with Crippen LogP contribution in [-0.2, 0) is 9.59 Å². The number of benzene rings is 1. The SMILES string of the molecule is O=C(O)CCC(C(=O)NC1CC1)c1cccc(F)c1. The van der Waals surface area contributed by atoms with Crippen molar-refractivity contribution in [2.24, 2.45) is 0 Å². The zero-order valence-electron chi connectivity index (χ0n) is 10.4. The smallest absolute Gasteiger partial charge is 0.303 e. The summed E-state index contributed by atoms with van der Waals surface area (Å²) in [6.07, 6.45) is 1.98. The largest absolute Gasteiger partial charge is 0.481 e. The first-order chi connectivity index (χ1) is 9.06. The Kier molecular flexibility index (Phi) is 4.14. The number of carbonyl (C=O) groups is 2. The van der Waals surface area contributed by atoms with E-state index in [1.54, 1.807) is 6.07 Å². The molecule has 0 bridgehead atoms. The molecule has 1 amide bonds. The van der Waals surface area contributed by atoms with Crippen molar-refractivity contribution in [3.8, 4) is 0 Å². The van der Waals surface area contributed by atoms with Gasteiger partial charge in [0.1, 0.15) is 5.82 Å². The topological polar surface area (TPSA) is 66.4 Å². The van der Waals surface area contributed by atoms with E-state index >= 15 is 0 Å². The Morgan fingerprint density at radius 3 is 2.74 bits per heavy atom. The van der Waals surface area contributed by atoms with Gasteiger partial charge in [-0.2, -0.15) is 0 Å². The minimum absolute atomic E-state index is 0.112. The summed E-state index contributed by atoms with van der Waals surface area (Å²) >= 11 is 0. The quantitative estimate of drug-likeness (QED) is 0.827. The summed E-state index contributed by atoms with van der Waals surface area (Å²) in [7, 11) is 0. The third-order valence-corrected chi connectivity index (χ3v) is 3.14. The molecule has 1 atom stereocenters. The zero-order chi connectivity index (χ0) is 13.8. The summed E-state index contributed by atoms with van der Waals surface area (Å²) in [6.45, 7) is 0. The number of amides is 1. The predicted molar refractivity (Wildman–Crippen MR) is 67.2 cm³/mol.